The lowest BCUT2D eigenvalue weighted by atomic mass is 9.89. The lowest BCUT2D eigenvalue weighted by Crippen LogP contribution is -2.30. The fourth-order valence-electron chi connectivity index (χ4n) is 4.70. The molecule has 0 radical (unpaired) electrons. The van der Waals surface area contributed by atoms with Crippen molar-refractivity contribution in [1.82, 2.24) is 19.9 Å². The molecule has 5 rings (SSSR count). The zero-order valence-corrected chi connectivity index (χ0v) is 17.6. The Bertz CT molecular complexity index is 1330. The van der Waals surface area contributed by atoms with Crippen molar-refractivity contribution in [3.8, 4) is 11.1 Å². The fourth-order valence-corrected chi connectivity index (χ4v) is 4.70. The largest absolute Gasteiger partial charge is 0.352 e. The Morgan fingerprint density at radius 3 is 2.84 bits per heavy atom. The first kappa shape index (κ1) is 19.5. The van der Waals surface area contributed by atoms with Crippen molar-refractivity contribution in [2.24, 2.45) is 13.0 Å². The molecule has 1 aromatic carbocycles. The maximum Gasteiger partial charge on any atom is 0.256 e. The molecule has 0 saturated heterocycles. The van der Waals surface area contributed by atoms with E-state index in [4.69, 9.17) is 0 Å². The highest BCUT2D eigenvalue weighted by molar-refractivity contribution is 5.99. The van der Waals surface area contributed by atoms with Gasteiger partial charge in [0.15, 0.2) is 0 Å². The van der Waals surface area contributed by atoms with Gasteiger partial charge in [-0.15, -0.1) is 0 Å². The van der Waals surface area contributed by atoms with Crippen molar-refractivity contribution in [1.29, 1.82) is 0 Å². The van der Waals surface area contributed by atoms with Crippen molar-refractivity contribution < 1.29 is 4.79 Å². The highest BCUT2D eigenvalue weighted by Gasteiger charge is 2.16. The first-order chi connectivity index (χ1) is 15.1. The zero-order valence-electron chi connectivity index (χ0n) is 17.6. The first-order valence-corrected chi connectivity index (χ1v) is 11.0. The number of rotatable bonds is 4. The number of aromatic nitrogens is 3. The number of H-pyrrole nitrogens is 1. The molecule has 1 aliphatic rings. The van der Waals surface area contributed by atoms with Gasteiger partial charge < -0.3 is 14.9 Å². The molecule has 0 atom stereocenters. The number of amides is 1. The SMILES string of the molecule is Cn1cc(-c2cc3ccc(C(=O)NCC4CCCCC4)cc3[nH]c2=O)c2cccnc21. The van der Waals surface area contributed by atoms with E-state index >= 15 is 0 Å². The molecular weight excluding hydrogens is 388 g/mol. The van der Waals surface area contributed by atoms with E-state index in [0.717, 1.165) is 28.5 Å². The van der Waals surface area contributed by atoms with Gasteiger partial charge in [-0.25, -0.2) is 4.98 Å². The third-order valence-electron chi connectivity index (χ3n) is 6.41. The van der Waals surface area contributed by atoms with E-state index in [1.165, 1.54) is 32.1 Å². The Kier molecular flexibility index (Phi) is 5.06. The van der Waals surface area contributed by atoms with Crippen LogP contribution in [0.25, 0.3) is 33.1 Å². The number of hydrogen-bond acceptors (Lipinski definition) is 3. The lowest BCUT2D eigenvalue weighted by Gasteiger charge is -2.21. The summed E-state index contributed by atoms with van der Waals surface area (Å²) in [7, 11) is 1.92. The van der Waals surface area contributed by atoms with Gasteiger partial charge in [-0.2, -0.15) is 0 Å². The number of fused-ring (bicyclic) bond motifs is 2. The van der Waals surface area contributed by atoms with E-state index < -0.39 is 0 Å². The second-order valence-corrected chi connectivity index (χ2v) is 8.56. The van der Waals surface area contributed by atoms with Gasteiger partial charge >= 0.3 is 0 Å². The maximum atomic E-state index is 12.9. The van der Waals surface area contributed by atoms with Gasteiger partial charge in [-0.3, -0.25) is 9.59 Å². The second kappa shape index (κ2) is 8.02. The minimum absolute atomic E-state index is 0.0856. The van der Waals surface area contributed by atoms with Crippen LogP contribution in [-0.2, 0) is 7.05 Å². The Morgan fingerprint density at radius 2 is 2.00 bits per heavy atom. The molecule has 2 N–H and O–H groups in total. The van der Waals surface area contributed by atoms with Crippen LogP contribution in [0.15, 0.2) is 53.6 Å². The van der Waals surface area contributed by atoms with Gasteiger partial charge in [-0.1, -0.05) is 25.3 Å². The standard InChI is InChI=1S/C25H26N4O2/c1-29-15-21(19-8-5-11-26-23(19)29)20-12-17-9-10-18(13-22(17)28-25(20)31)24(30)27-14-16-6-3-2-4-7-16/h5,8-13,15-16H,2-4,6-7,14H2,1H3,(H,27,30)(H,28,31). The summed E-state index contributed by atoms with van der Waals surface area (Å²) in [6, 6.07) is 11.2. The molecular formula is C25H26N4O2. The molecule has 0 bridgehead atoms. The van der Waals surface area contributed by atoms with Crippen LogP contribution < -0.4 is 10.9 Å². The number of aryl methyl sites for hydroxylation is 1. The highest BCUT2D eigenvalue weighted by atomic mass is 16.1. The topological polar surface area (TPSA) is 79.8 Å². The molecule has 6 nitrogen and oxygen atoms in total. The van der Waals surface area contributed by atoms with Gasteiger partial charge in [0.05, 0.1) is 0 Å². The minimum atomic E-state index is -0.177. The Balaban J connectivity index is 1.44. The Hall–Kier alpha value is -3.41. The summed E-state index contributed by atoms with van der Waals surface area (Å²) < 4.78 is 1.92. The quantitative estimate of drug-likeness (QED) is 0.520. The molecule has 6 heteroatoms. The molecule has 158 valence electrons. The summed E-state index contributed by atoms with van der Waals surface area (Å²) in [5.74, 6) is 0.494. The van der Waals surface area contributed by atoms with Gasteiger partial charge in [0.25, 0.3) is 11.5 Å². The summed E-state index contributed by atoms with van der Waals surface area (Å²) in [5, 5.41) is 4.89. The molecule has 3 heterocycles. The van der Waals surface area contributed by atoms with Crippen LogP contribution in [0.1, 0.15) is 42.5 Å². The molecule has 0 aliphatic heterocycles. The average Bonchev–Trinajstić information content (AvgIpc) is 3.14. The third kappa shape index (κ3) is 3.74. The van der Waals surface area contributed by atoms with Gasteiger partial charge in [0.2, 0.25) is 0 Å². The molecule has 1 aliphatic carbocycles. The lowest BCUT2D eigenvalue weighted by molar-refractivity contribution is 0.0943. The smallest absolute Gasteiger partial charge is 0.256 e. The number of aromatic amines is 1. The number of benzene rings is 1. The molecule has 0 unspecified atom stereocenters. The summed E-state index contributed by atoms with van der Waals surface area (Å²) in [6.45, 7) is 0.724. The summed E-state index contributed by atoms with van der Waals surface area (Å²) in [4.78, 5) is 32.9. The number of nitrogens with one attached hydrogen (secondary N) is 2. The number of carbonyl (C=O) groups excluding carboxylic acids is 1. The highest BCUT2D eigenvalue weighted by Crippen LogP contribution is 2.28. The van der Waals surface area contributed by atoms with Crippen molar-refractivity contribution >= 4 is 27.8 Å². The van der Waals surface area contributed by atoms with Gasteiger partial charge in [0.1, 0.15) is 5.65 Å². The van der Waals surface area contributed by atoms with Crippen LogP contribution >= 0.6 is 0 Å². The van der Waals surface area contributed by atoms with Crippen LogP contribution in [0.2, 0.25) is 0 Å². The van der Waals surface area contributed by atoms with E-state index in [1.54, 1.807) is 12.3 Å². The number of pyridine rings is 2. The summed E-state index contributed by atoms with van der Waals surface area (Å²) in [5.41, 5.74) is 3.34. The van der Waals surface area contributed by atoms with Crippen molar-refractivity contribution in [2.45, 2.75) is 32.1 Å². The number of nitrogens with zero attached hydrogens (tertiary/aromatic N) is 2. The minimum Gasteiger partial charge on any atom is -0.352 e. The fraction of sp³-hybridized carbons (Fsp3) is 0.320. The van der Waals surface area contributed by atoms with Crippen molar-refractivity contribution in [3.63, 3.8) is 0 Å². The first-order valence-electron chi connectivity index (χ1n) is 11.0. The number of carbonyl (C=O) groups is 1. The number of hydrogen-bond donors (Lipinski definition) is 2. The average molecular weight is 415 g/mol. The van der Waals surface area contributed by atoms with E-state index in [2.05, 4.69) is 15.3 Å². The maximum absolute atomic E-state index is 12.9. The molecule has 1 amide bonds. The van der Waals surface area contributed by atoms with Crippen LogP contribution in [0.5, 0.6) is 0 Å². The molecule has 1 saturated carbocycles. The molecule has 31 heavy (non-hydrogen) atoms. The van der Waals surface area contributed by atoms with Crippen molar-refractivity contribution in [3.05, 3.63) is 64.7 Å². The Morgan fingerprint density at radius 1 is 1.16 bits per heavy atom. The van der Waals surface area contributed by atoms with E-state index in [-0.39, 0.29) is 11.5 Å². The van der Waals surface area contributed by atoms with E-state index in [9.17, 15) is 9.59 Å². The normalized spacial score (nSPS) is 14.9. The second-order valence-electron chi connectivity index (χ2n) is 8.56. The summed E-state index contributed by atoms with van der Waals surface area (Å²) >= 11 is 0. The van der Waals surface area contributed by atoms with E-state index in [1.807, 2.05) is 48.1 Å². The van der Waals surface area contributed by atoms with Gasteiger partial charge in [0, 0.05) is 53.6 Å². The molecule has 4 aromatic rings. The predicted molar refractivity (Wildman–Crippen MR) is 123 cm³/mol. The van der Waals surface area contributed by atoms with Crippen LogP contribution in [-0.4, -0.2) is 27.0 Å². The molecule has 1 fully saturated rings. The van der Waals surface area contributed by atoms with Gasteiger partial charge in [-0.05, 0) is 54.5 Å². The molecule has 0 spiro atoms. The zero-order chi connectivity index (χ0) is 21.4. The summed E-state index contributed by atoms with van der Waals surface area (Å²) in [6.07, 6.45) is 9.88. The van der Waals surface area contributed by atoms with Crippen molar-refractivity contribution in [2.75, 3.05) is 6.54 Å². The third-order valence-corrected chi connectivity index (χ3v) is 6.41. The van der Waals surface area contributed by atoms with Crippen LogP contribution in [0.3, 0.4) is 0 Å². The monoisotopic (exact) mass is 414 g/mol. The van der Waals surface area contributed by atoms with Crippen LogP contribution in [0, 0.1) is 5.92 Å². The Labute approximate surface area is 180 Å². The van der Waals surface area contributed by atoms with Crippen LogP contribution in [0.4, 0.5) is 0 Å². The van der Waals surface area contributed by atoms with E-state index in [0.29, 0.717) is 22.6 Å². The molecule has 3 aromatic heterocycles. The predicted octanol–water partition coefficient (Wildman–Crippen LogP) is 4.39.